The summed E-state index contributed by atoms with van der Waals surface area (Å²) in [4.78, 5) is 54.8. The van der Waals surface area contributed by atoms with E-state index in [-0.39, 0.29) is 37.5 Å². The number of carbonyl (C=O) groups excluding carboxylic acids is 3. The molecule has 0 radical (unpaired) electrons. The molecule has 0 bridgehead atoms. The summed E-state index contributed by atoms with van der Waals surface area (Å²) in [6.07, 6.45) is -0.934. The number of ketones is 1. The fourth-order valence-electron chi connectivity index (χ4n) is 6.26. The number of aromatic nitrogens is 2. The Balaban J connectivity index is 1.28. The van der Waals surface area contributed by atoms with Crippen molar-refractivity contribution >= 4 is 23.5 Å². The summed E-state index contributed by atoms with van der Waals surface area (Å²) >= 11 is 0. The number of hydrogen-bond acceptors (Lipinski definition) is 9. The third kappa shape index (κ3) is 8.17. The molecule has 3 atom stereocenters. The number of hydrogen-bond donors (Lipinski definition) is 1. The molecule has 266 valence electrons. The van der Waals surface area contributed by atoms with E-state index in [1.165, 1.54) is 30.9 Å². The third-order valence-corrected chi connectivity index (χ3v) is 8.88. The van der Waals surface area contributed by atoms with Gasteiger partial charge in [-0.1, -0.05) is 91.0 Å². The number of ether oxygens (including phenoxy) is 4. The van der Waals surface area contributed by atoms with Crippen LogP contribution in [0.4, 0.5) is 5.82 Å². The zero-order chi connectivity index (χ0) is 36.5. The summed E-state index contributed by atoms with van der Waals surface area (Å²) in [6.45, 7) is 1.38. The maximum atomic E-state index is 13.3. The largest absolute Gasteiger partial charge is 0.497 e. The minimum Gasteiger partial charge on any atom is -0.497 e. The van der Waals surface area contributed by atoms with E-state index in [9.17, 15) is 19.2 Å². The van der Waals surface area contributed by atoms with E-state index in [4.69, 9.17) is 18.9 Å². The Labute approximate surface area is 301 Å². The molecular formula is C41H39N3O8. The van der Waals surface area contributed by atoms with E-state index in [2.05, 4.69) is 10.3 Å². The van der Waals surface area contributed by atoms with Gasteiger partial charge in [-0.2, -0.15) is 4.98 Å². The van der Waals surface area contributed by atoms with Gasteiger partial charge >= 0.3 is 11.7 Å². The lowest BCUT2D eigenvalue weighted by Crippen LogP contribution is -2.39. The predicted octanol–water partition coefficient (Wildman–Crippen LogP) is 6.08. The molecule has 11 nitrogen and oxygen atoms in total. The number of esters is 1. The maximum absolute atomic E-state index is 13.3. The molecular weight excluding hydrogens is 662 g/mol. The summed E-state index contributed by atoms with van der Waals surface area (Å²) in [6, 6.07) is 37.5. The number of nitrogens with zero attached hydrogens (tertiary/aromatic N) is 2. The van der Waals surface area contributed by atoms with Gasteiger partial charge in [-0.15, -0.1) is 0 Å². The number of rotatable bonds is 14. The lowest BCUT2D eigenvalue weighted by atomic mass is 9.80. The number of carbonyl (C=O) groups is 3. The van der Waals surface area contributed by atoms with E-state index in [1.807, 2.05) is 91.0 Å². The highest BCUT2D eigenvalue weighted by molar-refractivity contribution is 6.03. The van der Waals surface area contributed by atoms with Crippen molar-refractivity contribution in [2.45, 2.75) is 50.2 Å². The Morgan fingerprint density at radius 1 is 0.827 bits per heavy atom. The van der Waals surface area contributed by atoms with Gasteiger partial charge in [-0.05, 0) is 53.9 Å². The Morgan fingerprint density at radius 2 is 1.40 bits per heavy atom. The Morgan fingerprint density at radius 3 is 1.92 bits per heavy atom. The number of benzene rings is 4. The number of nitrogens with one attached hydrogen (secondary N) is 1. The third-order valence-electron chi connectivity index (χ3n) is 8.88. The van der Waals surface area contributed by atoms with Crippen molar-refractivity contribution in [3.63, 3.8) is 0 Å². The van der Waals surface area contributed by atoms with Crippen molar-refractivity contribution in [1.82, 2.24) is 9.55 Å². The van der Waals surface area contributed by atoms with Crippen LogP contribution in [0.1, 0.15) is 59.5 Å². The summed E-state index contributed by atoms with van der Waals surface area (Å²) in [5.74, 6) is -0.473. The molecule has 1 aromatic heterocycles. The molecule has 1 N–H and O–H groups in total. The van der Waals surface area contributed by atoms with E-state index >= 15 is 0 Å². The van der Waals surface area contributed by atoms with Crippen LogP contribution in [0.25, 0.3) is 0 Å². The van der Waals surface area contributed by atoms with Gasteiger partial charge in [0.15, 0.2) is 0 Å². The molecule has 1 aliphatic heterocycles. The van der Waals surface area contributed by atoms with Gasteiger partial charge in [-0.3, -0.25) is 14.2 Å². The van der Waals surface area contributed by atoms with Crippen LogP contribution in [0.5, 0.6) is 5.75 Å². The number of Topliss-reactive ketones (excluding diaryl/α,β-unsaturated/α-hetero) is 1. The van der Waals surface area contributed by atoms with E-state index < -0.39 is 41.6 Å². The SMILES string of the molecule is COc1ccc(C(=O)Nc2ccn([C@@H]3C[C@H](OC(=O)CCC(C)=O)[C@@H](COC(c4ccccc4)(c4ccccc4)c4ccccc4)O3)c(=O)n2)cc1. The highest BCUT2D eigenvalue weighted by Gasteiger charge is 2.44. The number of amides is 1. The summed E-state index contributed by atoms with van der Waals surface area (Å²) in [5.41, 5.74) is 1.25. The zero-order valence-corrected chi connectivity index (χ0v) is 28.8. The zero-order valence-electron chi connectivity index (χ0n) is 28.8. The molecule has 6 rings (SSSR count). The van der Waals surface area contributed by atoms with Crippen LogP contribution in [0, 0.1) is 0 Å². The smallest absolute Gasteiger partial charge is 0.351 e. The topological polar surface area (TPSA) is 135 Å². The molecule has 2 heterocycles. The molecule has 1 fully saturated rings. The Hall–Kier alpha value is -5.91. The second-order valence-corrected chi connectivity index (χ2v) is 12.4. The van der Waals surface area contributed by atoms with Crippen LogP contribution in [-0.2, 0) is 29.4 Å². The second kappa shape index (κ2) is 16.4. The minimum atomic E-state index is -1.07. The van der Waals surface area contributed by atoms with Crippen molar-refractivity contribution < 1.29 is 33.3 Å². The van der Waals surface area contributed by atoms with Crippen molar-refractivity contribution in [2.24, 2.45) is 0 Å². The Kier molecular flexibility index (Phi) is 11.3. The molecule has 52 heavy (non-hydrogen) atoms. The van der Waals surface area contributed by atoms with Gasteiger partial charge in [-0.25, -0.2) is 4.79 Å². The normalized spacial score (nSPS) is 16.9. The quantitative estimate of drug-likeness (QED) is 0.108. The van der Waals surface area contributed by atoms with E-state index in [1.54, 1.807) is 24.3 Å². The molecule has 4 aromatic carbocycles. The second-order valence-electron chi connectivity index (χ2n) is 12.4. The molecule has 1 amide bonds. The molecule has 0 unspecified atom stereocenters. The summed E-state index contributed by atoms with van der Waals surface area (Å²) < 4.78 is 25.8. The number of anilines is 1. The molecule has 0 saturated carbocycles. The van der Waals surface area contributed by atoms with Gasteiger partial charge in [0.2, 0.25) is 0 Å². The highest BCUT2D eigenvalue weighted by Crippen LogP contribution is 2.42. The molecule has 5 aromatic rings. The lowest BCUT2D eigenvalue weighted by molar-refractivity contribution is -0.156. The van der Waals surface area contributed by atoms with Gasteiger partial charge in [0.05, 0.1) is 20.1 Å². The molecule has 1 saturated heterocycles. The van der Waals surface area contributed by atoms with Crippen molar-refractivity contribution in [2.75, 3.05) is 19.0 Å². The standard InChI is InChI=1S/C41H39N3O8/c1-28(45)18-23-38(46)52-34-26-37(44-25-24-36(43-40(44)48)42-39(47)29-19-21-33(49-2)22-20-29)51-35(34)27-50-41(30-12-6-3-7-13-30,31-14-8-4-9-15-31)32-16-10-5-11-17-32/h3-17,19-22,24-25,34-35,37H,18,23,26-27H2,1-2H3,(H,42,43,47,48)/t34-,35+,37-/m0/s1. The van der Waals surface area contributed by atoms with Gasteiger partial charge in [0.1, 0.15) is 41.4 Å². The molecule has 0 spiro atoms. The van der Waals surface area contributed by atoms with Crippen LogP contribution >= 0.6 is 0 Å². The average Bonchev–Trinajstić information content (AvgIpc) is 3.57. The summed E-state index contributed by atoms with van der Waals surface area (Å²) in [7, 11) is 1.53. The van der Waals surface area contributed by atoms with Gasteiger partial charge in [0.25, 0.3) is 5.91 Å². The predicted molar refractivity (Wildman–Crippen MR) is 193 cm³/mol. The number of methoxy groups -OCH3 is 1. The van der Waals surface area contributed by atoms with Crippen molar-refractivity contribution in [3.8, 4) is 5.75 Å². The Bertz CT molecular complexity index is 1940. The average molecular weight is 702 g/mol. The van der Waals surface area contributed by atoms with E-state index in [0.29, 0.717) is 11.3 Å². The molecule has 0 aliphatic carbocycles. The minimum absolute atomic E-state index is 0.0297. The van der Waals surface area contributed by atoms with Crippen LogP contribution in [0.3, 0.4) is 0 Å². The highest BCUT2D eigenvalue weighted by atomic mass is 16.6. The fraction of sp³-hybridized carbons (Fsp3) is 0.244. The summed E-state index contributed by atoms with van der Waals surface area (Å²) in [5, 5.41) is 2.64. The monoisotopic (exact) mass is 701 g/mol. The first kappa shape index (κ1) is 35.9. The lowest BCUT2D eigenvalue weighted by Gasteiger charge is -2.37. The first-order valence-electron chi connectivity index (χ1n) is 17.0. The van der Waals surface area contributed by atoms with Crippen LogP contribution < -0.4 is 15.7 Å². The first-order valence-corrected chi connectivity index (χ1v) is 17.0. The molecule has 1 aliphatic rings. The maximum Gasteiger partial charge on any atom is 0.351 e. The van der Waals surface area contributed by atoms with E-state index in [0.717, 1.165) is 16.7 Å². The van der Waals surface area contributed by atoms with Crippen LogP contribution in [0.2, 0.25) is 0 Å². The van der Waals surface area contributed by atoms with Gasteiger partial charge in [0, 0.05) is 24.6 Å². The fourth-order valence-corrected chi connectivity index (χ4v) is 6.26. The van der Waals surface area contributed by atoms with Gasteiger partial charge < -0.3 is 29.1 Å². The molecule has 11 heteroatoms. The van der Waals surface area contributed by atoms with Crippen molar-refractivity contribution in [3.05, 3.63) is 160 Å². The first-order chi connectivity index (χ1) is 25.3. The van der Waals surface area contributed by atoms with Crippen molar-refractivity contribution in [1.29, 1.82) is 0 Å². The van der Waals surface area contributed by atoms with Crippen LogP contribution in [0.15, 0.2) is 132 Å². The van der Waals surface area contributed by atoms with Crippen LogP contribution in [-0.4, -0.2) is 53.1 Å².